The van der Waals surface area contributed by atoms with Gasteiger partial charge in [-0.3, -0.25) is 9.69 Å². The van der Waals surface area contributed by atoms with Gasteiger partial charge in [0.2, 0.25) is 12.7 Å². The topological polar surface area (TPSA) is 50.8 Å². The second-order valence-corrected chi connectivity index (χ2v) is 7.02. The van der Waals surface area contributed by atoms with Crippen molar-refractivity contribution < 1.29 is 14.3 Å². The smallest absolute Gasteiger partial charge is 0.234 e. The van der Waals surface area contributed by atoms with Crippen LogP contribution < -0.4 is 14.8 Å². The van der Waals surface area contributed by atoms with Crippen molar-refractivity contribution in [1.29, 1.82) is 0 Å². The average Bonchev–Trinajstić information content (AvgIpc) is 3.13. The molecule has 1 aromatic carbocycles. The number of hydrogen-bond donors (Lipinski definition) is 1. The van der Waals surface area contributed by atoms with Gasteiger partial charge in [0.05, 0.1) is 6.54 Å². The van der Waals surface area contributed by atoms with Crippen molar-refractivity contribution in [3.05, 3.63) is 45.6 Å². The minimum Gasteiger partial charge on any atom is -0.454 e. The summed E-state index contributed by atoms with van der Waals surface area (Å²) in [6, 6.07) is 9.93. The predicted octanol–water partition coefficient (Wildman–Crippen LogP) is 2.53. The Morgan fingerprint density at radius 3 is 2.87 bits per heavy atom. The molecular weight excluding hydrogens is 312 g/mol. The summed E-state index contributed by atoms with van der Waals surface area (Å²) in [6.45, 7) is 4.00. The molecule has 2 aromatic rings. The number of benzene rings is 1. The maximum Gasteiger partial charge on any atom is 0.234 e. The van der Waals surface area contributed by atoms with Crippen molar-refractivity contribution in [2.75, 3.05) is 20.4 Å². The van der Waals surface area contributed by atoms with E-state index in [1.807, 2.05) is 30.1 Å². The van der Waals surface area contributed by atoms with Crippen molar-refractivity contribution in [3.63, 3.8) is 0 Å². The molecule has 3 rings (SSSR count). The van der Waals surface area contributed by atoms with Gasteiger partial charge in [-0.25, -0.2) is 0 Å². The van der Waals surface area contributed by atoms with Crippen LogP contribution in [0.1, 0.15) is 15.3 Å². The monoisotopic (exact) mass is 332 g/mol. The van der Waals surface area contributed by atoms with Crippen LogP contribution in [0.25, 0.3) is 0 Å². The highest BCUT2D eigenvalue weighted by Gasteiger charge is 2.14. The average molecular weight is 332 g/mol. The number of thiophene rings is 1. The molecule has 1 amide bonds. The Balaban J connectivity index is 1.45. The molecular formula is C17H20N2O3S. The van der Waals surface area contributed by atoms with E-state index >= 15 is 0 Å². The molecule has 1 aliphatic rings. The zero-order valence-corrected chi connectivity index (χ0v) is 14.1. The highest BCUT2D eigenvalue weighted by Crippen LogP contribution is 2.32. The summed E-state index contributed by atoms with van der Waals surface area (Å²) in [5.41, 5.74) is 0.999. The van der Waals surface area contributed by atoms with Gasteiger partial charge in [0.15, 0.2) is 11.5 Å². The molecule has 2 heterocycles. The number of ether oxygens (including phenoxy) is 2. The predicted molar refractivity (Wildman–Crippen MR) is 89.8 cm³/mol. The van der Waals surface area contributed by atoms with Crippen LogP contribution in [0.15, 0.2) is 30.3 Å². The maximum absolute atomic E-state index is 12.1. The van der Waals surface area contributed by atoms with E-state index in [1.165, 1.54) is 9.75 Å². The molecule has 1 aliphatic heterocycles. The standard InChI is InChI=1S/C17H20N2O3S/c1-12-3-5-14(23-12)9-19(2)10-17(20)18-8-13-4-6-15-16(7-13)22-11-21-15/h3-7H,8-11H2,1-2H3,(H,18,20). The minimum atomic E-state index is 0.0124. The molecule has 0 bridgehead atoms. The van der Waals surface area contributed by atoms with Gasteiger partial charge in [-0.1, -0.05) is 6.07 Å². The first-order chi connectivity index (χ1) is 11.1. The Kier molecular flexibility index (Phi) is 4.83. The highest BCUT2D eigenvalue weighted by molar-refractivity contribution is 7.11. The molecule has 0 unspecified atom stereocenters. The fourth-order valence-electron chi connectivity index (χ4n) is 2.44. The number of nitrogens with zero attached hydrogens (tertiary/aromatic N) is 1. The zero-order valence-electron chi connectivity index (χ0n) is 13.3. The zero-order chi connectivity index (χ0) is 16.2. The van der Waals surface area contributed by atoms with E-state index in [4.69, 9.17) is 9.47 Å². The van der Waals surface area contributed by atoms with Crippen molar-refractivity contribution in [2.24, 2.45) is 0 Å². The van der Waals surface area contributed by atoms with E-state index in [0.29, 0.717) is 13.1 Å². The molecule has 0 radical (unpaired) electrons. The number of rotatable bonds is 6. The Bertz CT molecular complexity index is 699. The van der Waals surface area contributed by atoms with Gasteiger partial charge in [0.1, 0.15) is 0 Å². The summed E-state index contributed by atoms with van der Waals surface area (Å²) >= 11 is 1.77. The van der Waals surface area contributed by atoms with Crippen molar-refractivity contribution in [2.45, 2.75) is 20.0 Å². The van der Waals surface area contributed by atoms with E-state index in [2.05, 4.69) is 24.4 Å². The van der Waals surface area contributed by atoms with E-state index in [-0.39, 0.29) is 12.7 Å². The van der Waals surface area contributed by atoms with Crippen LogP contribution in [0, 0.1) is 6.92 Å². The Morgan fingerprint density at radius 1 is 1.26 bits per heavy atom. The summed E-state index contributed by atoms with van der Waals surface area (Å²) in [5.74, 6) is 1.51. The van der Waals surface area contributed by atoms with E-state index in [0.717, 1.165) is 23.6 Å². The number of fused-ring (bicyclic) bond motifs is 1. The molecule has 0 atom stereocenters. The van der Waals surface area contributed by atoms with Gasteiger partial charge in [0.25, 0.3) is 0 Å². The molecule has 23 heavy (non-hydrogen) atoms. The third kappa shape index (κ3) is 4.24. The molecule has 6 heteroatoms. The number of carbonyl (C=O) groups excluding carboxylic acids is 1. The SMILES string of the molecule is Cc1ccc(CN(C)CC(=O)NCc2ccc3c(c2)OCO3)s1. The maximum atomic E-state index is 12.1. The fraction of sp³-hybridized carbons (Fsp3) is 0.353. The van der Waals surface area contributed by atoms with Gasteiger partial charge in [-0.05, 0) is 43.8 Å². The third-order valence-electron chi connectivity index (χ3n) is 3.56. The number of carbonyl (C=O) groups is 1. The van der Waals surface area contributed by atoms with Gasteiger partial charge < -0.3 is 14.8 Å². The van der Waals surface area contributed by atoms with Crippen LogP contribution in [0.3, 0.4) is 0 Å². The summed E-state index contributed by atoms with van der Waals surface area (Å²) in [6.07, 6.45) is 0. The number of nitrogens with one attached hydrogen (secondary N) is 1. The van der Waals surface area contributed by atoms with E-state index in [1.54, 1.807) is 11.3 Å². The molecule has 122 valence electrons. The van der Waals surface area contributed by atoms with Gasteiger partial charge in [-0.15, -0.1) is 11.3 Å². The Labute approximate surface area is 139 Å². The number of hydrogen-bond acceptors (Lipinski definition) is 5. The van der Waals surface area contributed by atoms with Crippen molar-refractivity contribution in [1.82, 2.24) is 10.2 Å². The largest absolute Gasteiger partial charge is 0.454 e. The molecule has 0 fully saturated rings. The minimum absolute atomic E-state index is 0.0124. The first-order valence-corrected chi connectivity index (χ1v) is 8.31. The van der Waals surface area contributed by atoms with Crippen molar-refractivity contribution in [3.8, 4) is 11.5 Å². The van der Waals surface area contributed by atoms with Crippen LogP contribution >= 0.6 is 11.3 Å². The molecule has 5 nitrogen and oxygen atoms in total. The van der Waals surface area contributed by atoms with Crippen LogP contribution in [0.4, 0.5) is 0 Å². The molecule has 1 N–H and O–H groups in total. The lowest BCUT2D eigenvalue weighted by Crippen LogP contribution is -2.34. The first kappa shape index (κ1) is 15.8. The second kappa shape index (κ2) is 7.02. The fourth-order valence-corrected chi connectivity index (χ4v) is 3.42. The van der Waals surface area contributed by atoms with Crippen LogP contribution in [0.5, 0.6) is 11.5 Å². The summed E-state index contributed by atoms with van der Waals surface area (Å²) in [7, 11) is 1.95. The highest BCUT2D eigenvalue weighted by atomic mass is 32.1. The lowest BCUT2D eigenvalue weighted by molar-refractivity contribution is -0.122. The quantitative estimate of drug-likeness (QED) is 0.883. The Morgan fingerprint density at radius 2 is 2.09 bits per heavy atom. The van der Waals surface area contributed by atoms with Crippen LogP contribution in [-0.4, -0.2) is 31.2 Å². The van der Waals surface area contributed by atoms with Gasteiger partial charge >= 0.3 is 0 Å². The van der Waals surface area contributed by atoms with Crippen molar-refractivity contribution >= 4 is 17.2 Å². The van der Waals surface area contributed by atoms with Crippen LogP contribution in [-0.2, 0) is 17.9 Å². The normalized spacial score (nSPS) is 12.7. The molecule has 0 saturated heterocycles. The van der Waals surface area contributed by atoms with E-state index in [9.17, 15) is 4.79 Å². The summed E-state index contributed by atoms with van der Waals surface area (Å²) < 4.78 is 10.6. The lowest BCUT2D eigenvalue weighted by atomic mass is 10.2. The van der Waals surface area contributed by atoms with Gasteiger partial charge in [0, 0.05) is 22.8 Å². The Hall–Kier alpha value is -2.05. The lowest BCUT2D eigenvalue weighted by Gasteiger charge is -2.15. The molecule has 0 spiro atoms. The number of aryl methyl sites for hydroxylation is 1. The second-order valence-electron chi connectivity index (χ2n) is 5.65. The number of likely N-dealkylation sites (N-methyl/N-ethyl adjacent to an activating group) is 1. The summed E-state index contributed by atoms with van der Waals surface area (Å²) in [5, 5.41) is 2.94. The summed E-state index contributed by atoms with van der Waals surface area (Å²) in [4.78, 5) is 16.6. The molecule has 0 aliphatic carbocycles. The van der Waals surface area contributed by atoms with E-state index < -0.39 is 0 Å². The van der Waals surface area contributed by atoms with Gasteiger partial charge in [-0.2, -0.15) is 0 Å². The first-order valence-electron chi connectivity index (χ1n) is 7.49. The third-order valence-corrected chi connectivity index (χ3v) is 4.55. The molecule has 0 saturated carbocycles. The number of amides is 1. The molecule has 1 aromatic heterocycles. The van der Waals surface area contributed by atoms with Crippen LogP contribution in [0.2, 0.25) is 0 Å².